The summed E-state index contributed by atoms with van der Waals surface area (Å²) >= 11 is 0. The molecule has 1 fully saturated rings. The number of carbonyl (C=O) groups is 1. The molecular formula is C13H13FN2O2. The monoisotopic (exact) mass is 248 g/mol. The van der Waals surface area contributed by atoms with E-state index < -0.39 is 5.97 Å². The molecule has 18 heavy (non-hydrogen) atoms. The van der Waals surface area contributed by atoms with E-state index in [0.29, 0.717) is 24.3 Å². The van der Waals surface area contributed by atoms with Crippen LogP contribution in [0, 0.1) is 11.7 Å². The van der Waals surface area contributed by atoms with Gasteiger partial charge in [0.2, 0.25) is 0 Å². The van der Waals surface area contributed by atoms with Crippen LogP contribution in [0.15, 0.2) is 18.2 Å². The Balaban J connectivity index is 2.13. The van der Waals surface area contributed by atoms with Crippen molar-refractivity contribution in [3.8, 4) is 0 Å². The summed E-state index contributed by atoms with van der Waals surface area (Å²) in [7, 11) is 0. The second-order valence-corrected chi connectivity index (χ2v) is 4.61. The van der Waals surface area contributed by atoms with E-state index in [-0.39, 0.29) is 17.7 Å². The number of aromatic nitrogens is 2. The molecule has 3 rings (SSSR count). The van der Waals surface area contributed by atoms with Crippen LogP contribution in [0.1, 0.15) is 25.1 Å². The van der Waals surface area contributed by atoms with Crippen molar-refractivity contribution in [3.05, 3.63) is 29.8 Å². The zero-order valence-corrected chi connectivity index (χ0v) is 9.93. The summed E-state index contributed by atoms with van der Waals surface area (Å²) in [5, 5.41) is 8.97. The minimum absolute atomic E-state index is 0.0748. The molecule has 0 spiro atoms. The van der Waals surface area contributed by atoms with Gasteiger partial charge in [-0.3, -0.25) is 4.79 Å². The number of benzene rings is 1. The third-order valence-electron chi connectivity index (χ3n) is 3.51. The Labute approximate surface area is 103 Å². The average molecular weight is 248 g/mol. The summed E-state index contributed by atoms with van der Waals surface area (Å²) in [4.78, 5) is 15.2. The van der Waals surface area contributed by atoms with Crippen LogP contribution < -0.4 is 0 Å². The van der Waals surface area contributed by atoms with Crippen molar-refractivity contribution in [2.75, 3.05) is 0 Å². The number of para-hydroxylation sites is 1. The van der Waals surface area contributed by atoms with Crippen LogP contribution in [-0.4, -0.2) is 20.6 Å². The summed E-state index contributed by atoms with van der Waals surface area (Å²) in [6, 6.07) is 4.84. The lowest BCUT2D eigenvalue weighted by Gasteiger charge is -2.04. The number of carboxylic acid groups (broad SMARTS) is 1. The van der Waals surface area contributed by atoms with Crippen molar-refractivity contribution in [3.63, 3.8) is 0 Å². The molecule has 1 aromatic heterocycles. The van der Waals surface area contributed by atoms with E-state index in [1.165, 1.54) is 6.07 Å². The van der Waals surface area contributed by atoms with Crippen molar-refractivity contribution >= 4 is 17.0 Å². The molecule has 4 nitrogen and oxygen atoms in total. The Bertz CT molecular complexity index is 635. The topological polar surface area (TPSA) is 55.1 Å². The number of rotatable bonds is 3. The van der Waals surface area contributed by atoms with Gasteiger partial charge in [-0.1, -0.05) is 6.07 Å². The van der Waals surface area contributed by atoms with Gasteiger partial charge in [0.1, 0.15) is 11.3 Å². The van der Waals surface area contributed by atoms with Crippen molar-refractivity contribution in [2.24, 2.45) is 5.92 Å². The van der Waals surface area contributed by atoms with Crippen LogP contribution in [-0.2, 0) is 11.3 Å². The second kappa shape index (κ2) is 3.80. The van der Waals surface area contributed by atoms with Crippen molar-refractivity contribution in [1.29, 1.82) is 0 Å². The normalized spacial score (nSPS) is 22.3. The molecule has 1 heterocycles. The highest BCUT2D eigenvalue weighted by Gasteiger charge is 2.47. The first-order valence-electron chi connectivity index (χ1n) is 6.01. The number of nitrogens with zero attached hydrogens (tertiary/aromatic N) is 2. The summed E-state index contributed by atoms with van der Waals surface area (Å²) in [6.07, 6.45) is 0.597. The van der Waals surface area contributed by atoms with E-state index in [1.807, 2.05) is 17.6 Å². The standard InChI is InChI=1S/C13H13FN2O2/c1-2-16-10-5-3-4-9(14)11(10)15-12(16)7-6-8(7)13(17)18/h3-5,7-8H,2,6H2,1H3,(H,17,18). The Morgan fingerprint density at radius 3 is 3.00 bits per heavy atom. The fourth-order valence-corrected chi connectivity index (χ4v) is 2.50. The second-order valence-electron chi connectivity index (χ2n) is 4.61. The Hall–Kier alpha value is -1.91. The summed E-state index contributed by atoms with van der Waals surface area (Å²) < 4.78 is 15.6. The number of fused-ring (bicyclic) bond motifs is 1. The molecule has 1 aliphatic rings. The third-order valence-corrected chi connectivity index (χ3v) is 3.51. The van der Waals surface area contributed by atoms with Gasteiger partial charge in [-0.15, -0.1) is 0 Å². The Morgan fingerprint density at radius 1 is 1.61 bits per heavy atom. The zero-order valence-electron chi connectivity index (χ0n) is 9.93. The molecular weight excluding hydrogens is 235 g/mol. The van der Waals surface area contributed by atoms with Gasteiger partial charge in [-0.2, -0.15) is 0 Å². The van der Waals surface area contributed by atoms with Crippen LogP contribution in [0.2, 0.25) is 0 Å². The highest BCUT2D eigenvalue weighted by Crippen LogP contribution is 2.47. The number of aliphatic carboxylic acids is 1. The lowest BCUT2D eigenvalue weighted by atomic mass is 10.3. The van der Waals surface area contributed by atoms with E-state index in [1.54, 1.807) is 6.07 Å². The van der Waals surface area contributed by atoms with Gasteiger partial charge in [0, 0.05) is 12.5 Å². The predicted octanol–water partition coefficient (Wildman–Crippen LogP) is 2.38. The van der Waals surface area contributed by atoms with Crippen LogP contribution in [0.4, 0.5) is 4.39 Å². The van der Waals surface area contributed by atoms with Gasteiger partial charge in [0.05, 0.1) is 11.4 Å². The molecule has 0 radical (unpaired) electrons. The minimum Gasteiger partial charge on any atom is -0.481 e. The van der Waals surface area contributed by atoms with Crippen LogP contribution in [0.3, 0.4) is 0 Å². The predicted molar refractivity (Wildman–Crippen MR) is 63.8 cm³/mol. The first kappa shape index (κ1) is 11.2. The molecule has 0 amide bonds. The van der Waals surface area contributed by atoms with Gasteiger partial charge in [0.25, 0.3) is 0 Å². The SMILES string of the molecule is CCn1c(C2CC2C(=O)O)nc2c(F)cccc21. The number of carboxylic acids is 1. The summed E-state index contributed by atoms with van der Waals surface area (Å²) in [6.45, 7) is 2.62. The molecule has 2 atom stereocenters. The molecule has 0 saturated heterocycles. The molecule has 0 aliphatic heterocycles. The lowest BCUT2D eigenvalue weighted by molar-refractivity contribution is -0.138. The lowest BCUT2D eigenvalue weighted by Crippen LogP contribution is -2.04. The van der Waals surface area contributed by atoms with E-state index in [4.69, 9.17) is 5.11 Å². The van der Waals surface area contributed by atoms with E-state index >= 15 is 0 Å². The number of hydrogen-bond acceptors (Lipinski definition) is 2. The Morgan fingerprint density at radius 2 is 2.39 bits per heavy atom. The maximum Gasteiger partial charge on any atom is 0.307 e. The fraction of sp³-hybridized carbons (Fsp3) is 0.385. The van der Waals surface area contributed by atoms with Crippen molar-refractivity contribution in [1.82, 2.24) is 9.55 Å². The summed E-state index contributed by atoms with van der Waals surface area (Å²) in [5.74, 6) is -0.891. The van der Waals surface area contributed by atoms with Gasteiger partial charge in [-0.05, 0) is 25.5 Å². The van der Waals surface area contributed by atoms with Gasteiger partial charge >= 0.3 is 5.97 Å². The van der Waals surface area contributed by atoms with Crippen LogP contribution in [0.5, 0.6) is 0 Å². The quantitative estimate of drug-likeness (QED) is 0.907. The van der Waals surface area contributed by atoms with E-state index in [0.717, 1.165) is 5.52 Å². The van der Waals surface area contributed by atoms with Gasteiger partial charge in [-0.25, -0.2) is 9.37 Å². The molecule has 1 aliphatic carbocycles. The van der Waals surface area contributed by atoms with Crippen LogP contribution in [0.25, 0.3) is 11.0 Å². The van der Waals surface area contributed by atoms with Crippen LogP contribution >= 0.6 is 0 Å². The largest absolute Gasteiger partial charge is 0.481 e. The molecule has 94 valence electrons. The molecule has 1 N–H and O–H groups in total. The maximum atomic E-state index is 13.7. The summed E-state index contributed by atoms with van der Waals surface area (Å²) in [5.41, 5.74) is 1.08. The average Bonchev–Trinajstić information content (AvgIpc) is 3.05. The molecule has 5 heteroatoms. The van der Waals surface area contributed by atoms with E-state index in [9.17, 15) is 9.18 Å². The molecule has 2 aromatic rings. The minimum atomic E-state index is -0.796. The highest BCUT2D eigenvalue weighted by atomic mass is 19.1. The number of aryl methyl sites for hydroxylation is 1. The molecule has 1 aromatic carbocycles. The third kappa shape index (κ3) is 1.50. The fourth-order valence-electron chi connectivity index (χ4n) is 2.50. The first-order valence-corrected chi connectivity index (χ1v) is 6.01. The Kier molecular flexibility index (Phi) is 2.36. The first-order chi connectivity index (χ1) is 8.63. The zero-order chi connectivity index (χ0) is 12.9. The van der Waals surface area contributed by atoms with Gasteiger partial charge in [0.15, 0.2) is 5.82 Å². The number of imidazole rings is 1. The smallest absolute Gasteiger partial charge is 0.307 e. The molecule has 2 unspecified atom stereocenters. The van der Waals surface area contributed by atoms with Gasteiger partial charge < -0.3 is 9.67 Å². The van der Waals surface area contributed by atoms with Crippen molar-refractivity contribution in [2.45, 2.75) is 25.8 Å². The van der Waals surface area contributed by atoms with E-state index in [2.05, 4.69) is 4.98 Å². The molecule has 1 saturated carbocycles. The maximum absolute atomic E-state index is 13.7. The molecule has 0 bridgehead atoms. The number of halogens is 1. The number of hydrogen-bond donors (Lipinski definition) is 1. The highest BCUT2D eigenvalue weighted by molar-refractivity contribution is 5.79. The van der Waals surface area contributed by atoms with Crippen molar-refractivity contribution < 1.29 is 14.3 Å².